The molecule has 0 fully saturated rings. The second-order valence-corrected chi connectivity index (χ2v) is 6.84. The van der Waals surface area contributed by atoms with Crippen molar-refractivity contribution in [2.75, 3.05) is 6.61 Å². The molecule has 2 nitrogen and oxygen atoms in total. The Balaban J connectivity index is 3.96. The molecule has 20 heavy (non-hydrogen) atoms. The van der Waals surface area contributed by atoms with Crippen molar-refractivity contribution in [1.29, 1.82) is 0 Å². The Kier molecular flexibility index (Phi) is 9.28. The summed E-state index contributed by atoms with van der Waals surface area (Å²) in [5.74, 6) is 0.442. The van der Waals surface area contributed by atoms with E-state index in [9.17, 15) is 4.79 Å². The summed E-state index contributed by atoms with van der Waals surface area (Å²) >= 11 is 0. The topological polar surface area (TPSA) is 26.3 Å². The molecular formula is C18H32O2. The van der Waals surface area contributed by atoms with Crippen LogP contribution in [0, 0.1) is 11.3 Å². The first-order valence-corrected chi connectivity index (χ1v) is 7.76. The van der Waals surface area contributed by atoms with Crippen molar-refractivity contribution in [2.45, 2.75) is 67.2 Å². The molecule has 0 aromatic heterocycles. The quantitative estimate of drug-likeness (QED) is 0.343. The highest BCUT2D eigenvalue weighted by molar-refractivity contribution is 5.83. The molecule has 0 radical (unpaired) electrons. The van der Waals surface area contributed by atoms with E-state index >= 15 is 0 Å². The monoisotopic (exact) mass is 280 g/mol. The van der Waals surface area contributed by atoms with Crippen LogP contribution in [0.1, 0.15) is 67.2 Å². The van der Waals surface area contributed by atoms with Gasteiger partial charge in [0.25, 0.3) is 0 Å². The number of esters is 1. The Bertz CT molecular complexity index is 332. The molecule has 0 amide bonds. The summed E-state index contributed by atoms with van der Waals surface area (Å²) < 4.78 is 4.88. The number of hydrogen-bond acceptors (Lipinski definition) is 2. The van der Waals surface area contributed by atoms with Gasteiger partial charge in [-0.1, -0.05) is 52.7 Å². The number of carbonyl (C=O) groups excluding carboxylic acids is 1. The summed E-state index contributed by atoms with van der Waals surface area (Å²) in [5, 5.41) is 0. The summed E-state index contributed by atoms with van der Waals surface area (Å²) in [6, 6.07) is 0. The smallest absolute Gasteiger partial charge is 0.330 e. The molecule has 116 valence electrons. The minimum absolute atomic E-state index is 0.257. The van der Waals surface area contributed by atoms with Gasteiger partial charge in [-0.3, -0.25) is 0 Å². The van der Waals surface area contributed by atoms with Gasteiger partial charge in [0.15, 0.2) is 0 Å². The van der Waals surface area contributed by atoms with E-state index in [1.54, 1.807) is 6.08 Å². The Labute approximate surface area is 125 Å². The number of ether oxygens (including phenoxy) is 1. The molecule has 0 saturated carbocycles. The maximum atomic E-state index is 11.3. The minimum atomic E-state index is -0.257. The molecule has 0 aliphatic carbocycles. The van der Waals surface area contributed by atoms with E-state index in [2.05, 4.69) is 33.8 Å². The van der Waals surface area contributed by atoms with Gasteiger partial charge in [-0.15, -0.1) is 0 Å². The fourth-order valence-corrected chi connectivity index (χ4v) is 2.00. The molecule has 0 rings (SSSR count). The molecule has 0 heterocycles. The van der Waals surface area contributed by atoms with E-state index < -0.39 is 0 Å². The van der Waals surface area contributed by atoms with Crippen LogP contribution in [0.25, 0.3) is 0 Å². The maximum Gasteiger partial charge on any atom is 0.330 e. The van der Waals surface area contributed by atoms with Gasteiger partial charge in [-0.2, -0.15) is 0 Å². The summed E-state index contributed by atoms with van der Waals surface area (Å²) in [5.41, 5.74) is 1.39. The van der Waals surface area contributed by atoms with Crippen LogP contribution in [0.2, 0.25) is 0 Å². The van der Waals surface area contributed by atoms with E-state index in [1.165, 1.54) is 19.3 Å². The second kappa shape index (κ2) is 9.79. The zero-order chi connectivity index (χ0) is 15.6. The lowest BCUT2D eigenvalue weighted by molar-refractivity contribution is -0.137. The van der Waals surface area contributed by atoms with Crippen LogP contribution >= 0.6 is 0 Å². The van der Waals surface area contributed by atoms with Crippen molar-refractivity contribution in [2.24, 2.45) is 11.3 Å². The van der Waals surface area contributed by atoms with Gasteiger partial charge in [-0.25, -0.2) is 4.79 Å². The van der Waals surface area contributed by atoms with Crippen molar-refractivity contribution in [3.05, 3.63) is 23.8 Å². The average molecular weight is 280 g/mol. The standard InChI is InChI=1S/C18H32O2/c1-7-20-17(19)14-16(3)11-8-10-15(2)12-9-13-18(4,5)6/h8,11,14-15H,7,9-10,12-13H2,1-6H3. The lowest BCUT2D eigenvalue weighted by Crippen LogP contribution is -2.05. The average Bonchev–Trinajstić information content (AvgIpc) is 2.27. The first kappa shape index (κ1) is 18.9. The fourth-order valence-electron chi connectivity index (χ4n) is 2.00. The Morgan fingerprint density at radius 1 is 1.30 bits per heavy atom. The Morgan fingerprint density at radius 2 is 1.95 bits per heavy atom. The third kappa shape index (κ3) is 12.0. The molecule has 0 saturated heterocycles. The van der Waals surface area contributed by atoms with Crippen molar-refractivity contribution >= 4 is 5.97 Å². The van der Waals surface area contributed by atoms with Crippen LogP contribution < -0.4 is 0 Å². The first-order chi connectivity index (χ1) is 9.24. The molecular weight excluding hydrogens is 248 g/mol. The van der Waals surface area contributed by atoms with Crippen molar-refractivity contribution in [1.82, 2.24) is 0 Å². The largest absolute Gasteiger partial charge is 0.463 e. The number of allylic oxidation sites excluding steroid dienone is 3. The summed E-state index contributed by atoms with van der Waals surface area (Å²) in [4.78, 5) is 11.3. The third-order valence-electron chi connectivity index (χ3n) is 3.18. The highest BCUT2D eigenvalue weighted by atomic mass is 16.5. The van der Waals surface area contributed by atoms with Crippen LogP contribution in [0.5, 0.6) is 0 Å². The zero-order valence-electron chi connectivity index (χ0n) is 14.2. The van der Waals surface area contributed by atoms with Gasteiger partial charge in [0.1, 0.15) is 0 Å². The van der Waals surface area contributed by atoms with Gasteiger partial charge < -0.3 is 4.74 Å². The van der Waals surface area contributed by atoms with Crippen LogP contribution in [0.15, 0.2) is 23.8 Å². The fraction of sp³-hybridized carbons (Fsp3) is 0.722. The molecule has 1 atom stereocenters. The van der Waals surface area contributed by atoms with Crippen molar-refractivity contribution in [3.63, 3.8) is 0 Å². The van der Waals surface area contributed by atoms with Crippen LogP contribution in [0.4, 0.5) is 0 Å². The van der Waals surface area contributed by atoms with Gasteiger partial charge in [-0.05, 0) is 43.6 Å². The van der Waals surface area contributed by atoms with Crippen LogP contribution in [-0.2, 0) is 9.53 Å². The van der Waals surface area contributed by atoms with Crippen molar-refractivity contribution < 1.29 is 9.53 Å². The van der Waals surface area contributed by atoms with Crippen LogP contribution in [0.3, 0.4) is 0 Å². The van der Waals surface area contributed by atoms with Gasteiger partial charge in [0.2, 0.25) is 0 Å². The van der Waals surface area contributed by atoms with Crippen molar-refractivity contribution in [3.8, 4) is 0 Å². The lowest BCUT2D eigenvalue weighted by atomic mass is 9.87. The number of carbonyl (C=O) groups is 1. The molecule has 0 spiro atoms. The predicted octanol–water partition coefficient (Wildman–Crippen LogP) is 5.29. The zero-order valence-corrected chi connectivity index (χ0v) is 14.2. The molecule has 0 aromatic carbocycles. The minimum Gasteiger partial charge on any atom is -0.463 e. The highest BCUT2D eigenvalue weighted by Crippen LogP contribution is 2.24. The van der Waals surface area contributed by atoms with E-state index in [4.69, 9.17) is 4.74 Å². The van der Waals surface area contributed by atoms with Gasteiger partial charge in [0.05, 0.1) is 6.61 Å². The third-order valence-corrected chi connectivity index (χ3v) is 3.18. The summed E-state index contributed by atoms with van der Waals surface area (Å²) in [6.07, 6.45) is 10.6. The Hall–Kier alpha value is -1.05. The normalized spacial score (nSPS) is 14.6. The lowest BCUT2D eigenvalue weighted by Gasteiger charge is -2.18. The number of rotatable bonds is 8. The molecule has 0 bridgehead atoms. The Morgan fingerprint density at radius 3 is 2.50 bits per heavy atom. The summed E-state index contributed by atoms with van der Waals surface area (Å²) in [7, 11) is 0. The van der Waals surface area contributed by atoms with Crippen LogP contribution in [-0.4, -0.2) is 12.6 Å². The number of hydrogen-bond donors (Lipinski definition) is 0. The predicted molar refractivity (Wildman–Crippen MR) is 86.6 cm³/mol. The van der Waals surface area contributed by atoms with E-state index in [0.717, 1.165) is 12.0 Å². The van der Waals surface area contributed by atoms with E-state index in [-0.39, 0.29) is 5.97 Å². The summed E-state index contributed by atoms with van der Waals surface area (Å²) in [6.45, 7) is 13.3. The molecule has 1 unspecified atom stereocenters. The SMILES string of the molecule is CCOC(=O)C=C(C)C=CCC(C)CCCC(C)(C)C. The van der Waals surface area contributed by atoms with Gasteiger partial charge >= 0.3 is 5.97 Å². The van der Waals surface area contributed by atoms with Gasteiger partial charge in [0, 0.05) is 6.08 Å². The molecule has 0 aromatic rings. The molecule has 0 aliphatic rings. The highest BCUT2D eigenvalue weighted by Gasteiger charge is 2.10. The van der Waals surface area contributed by atoms with E-state index in [1.807, 2.05) is 19.9 Å². The second-order valence-electron chi connectivity index (χ2n) is 6.84. The maximum absolute atomic E-state index is 11.3. The molecule has 0 aliphatic heterocycles. The molecule has 0 N–H and O–H groups in total. The van der Waals surface area contributed by atoms with E-state index in [0.29, 0.717) is 17.9 Å². The first-order valence-electron chi connectivity index (χ1n) is 7.76. The molecule has 2 heteroatoms.